The van der Waals surface area contributed by atoms with Gasteiger partial charge in [0.2, 0.25) is 0 Å². The van der Waals surface area contributed by atoms with Gasteiger partial charge in [0.15, 0.2) is 5.11 Å². The van der Waals surface area contributed by atoms with Gasteiger partial charge < -0.3 is 5.32 Å². The molecule has 1 heterocycles. The first-order valence-corrected chi connectivity index (χ1v) is 7.25. The van der Waals surface area contributed by atoms with Crippen LogP contribution in [-0.4, -0.2) is 22.0 Å². The van der Waals surface area contributed by atoms with Gasteiger partial charge in [-0.15, -0.1) is 0 Å². The highest BCUT2D eigenvalue weighted by atomic mass is 35.5. The summed E-state index contributed by atoms with van der Waals surface area (Å²) in [7, 11) is 0. The van der Waals surface area contributed by atoms with E-state index in [9.17, 15) is 4.79 Å². The van der Waals surface area contributed by atoms with Gasteiger partial charge in [-0.1, -0.05) is 23.7 Å². The monoisotopic (exact) mass is 294 g/mol. The van der Waals surface area contributed by atoms with Gasteiger partial charge in [0.1, 0.15) is 6.04 Å². The topological polar surface area (TPSA) is 32.3 Å². The molecule has 0 bridgehead atoms. The lowest BCUT2D eigenvalue weighted by atomic mass is 10.0. The van der Waals surface area contributed by atoms with E-state index in [0.717, 1.165) is 18.4 Å². The zero-order valence-electron chi connectivity index (χ0n) is 10.6. The second-order valence-corrected chi connectivity index (χ2v) is 6.04. The molecule has 1 saturated heterocycles. The summed E-state index contributed by atoms with van der Waals surface area (Å²) in [5.74, 6) is 0.576. The molecule has 1 aliphatic heterocycles. The Labute approximate surface area is 122 Å². The number of hydrogen-bond acceptors (Lipinski definition) is 2. The van der Waals surface area contributed by atoms with Crippen molar-refractivity contribution in [3.63, 3.8) is 0 Å². The molecule has 1 amide bonds. The van der Waals surface area contributed by atoms with E-state index in [0.29, 0.717) is 16.1 Å². The summed E-state index contributed by atoms with van der Waals surface area (Å²) in [5, 5.41) is 4.30. The maximum atomic E-state index is 12.3. The molecule has 3 rings (SSSR count). The summed E-state index contributed by atoms with van der Waals surface area (Å²) in [6.45, 7) is 1.85. The standard InChI is InChI=1S/C14H15ClN2OS/c1-8-13(18)17(14(19)16-8)12(9-2-3-9)10-4-6-11(15)7-5-10/h4-9,12H,2-3H2,1H3,(H,16,19)/t8-,12+/m1/s1. The molecule has 0 spiro atoms. The molecule has 19 heavy (non-hydrogen) atoms. The van der Waals surface area contributed by atoms with E-state index in [1.165, 1.54) is 0 Å². The third-order valence-electron chi connectivity index (χ3n) is 3.72. The molecule has 1 saturated carbocycles. The first-order chi connectivity index (χ1) is 9.08. The van der Waals surface area contributed by atoms with E-state index in [1.54, 1.807) is 4.90 Å². The number of thiocarbonyl (C=S) groups is 1. The van der Waals surface area contributed by atoms with Crippen molar-refractivity contribution in [1.29, 1.82) is 0 Å². The molecule has 2 aliphatic rings. The van der Waals surface area contributed by atoms with E-state index in [2.05, 4.69) is 5.32 Å². The summed E-state index contributed by atoms with van der Waals surface area (Å²) < 4.78 is 0. The van der Waals surface area contributed by atoms with Gasteiger partial charge in [-0.05, 0) is 55.6 Å². The lowest BCUT2D eigenvalue weighted by molar-refractivity contribution is -0.128. The Hall–Kier alpha value is -1.13. The molecule has 2 fully saturated rings. The van der Waals surface area contributed by atoms with E-state index in [-0.39, 0.29) is 18.0 Å². The van der Waals surface area contributed by atoms with Crippen LogP contribution in [0.1, 0.15) is 31.4 Å². The molecule has 2 atom stereocenters. The van der Waals surface area contributed by atoms with Crippen LogP contribution in [0.4, 0.5) is 0 Å². The predicted molar refractivity (Wildman–Crippen MR) is 79.0 cm³/mol. The third kappa shape index (κ3) is 2.35. The number of amides is 1. The maximum Gasteiger partial charge on any atom is 0.251 e. The van der Waals surface area contributed by atoms with Crippen molar-refractivity contribution in [1.82, 2.24) is 10.2 Å². The number of benzene rings is 1. The second-order valence-electron chi connectivity index (χ2n) is 5.21. The summed E-state index contributed by atoms with van der Waals surface area (Å²) in [5.41, 5.74) is 1.11. The molecule has 1 aromatic rings. The summed E-state index contributed by atoms with van der Waals surface area (Å²) >= 11 is 11.2. The van der Waals surface area contributed by atoms with Crippen LogP contribution in [0.3, 0.4) is 0 Å². The Bertz CT molecular complexity index is 527. The van der Waals surface area contributed by atoms with Crippen LogP contribution >= 0.6 is 23.8 Å². The number of nitrogens with one attached hydrogen (secondary N) is 1. The van der Waals surface area contributed by atoms with E-state index >= 15 is 0 Å². The predicted octanol–water partition coefficient (Wildman–Crippen LogP) is 2.90. The van der Waals surface area contributed by atoms with Crippen LogP contribution in [-0.2, 0) is 4.79 Å². The zero-order chi connectivity index (χ0) is 13.6. The quantitative estimate of drug-likeness (QED) is 0.870. The molecule has 1 aromatic carbocycles. The van der Waals surface area contributed by atoms with Crippen molar-refractivity contribution in [2.75, 3.05) is 0 Å². The third-order valence-corrected chi connectivity index (χ3v) is 4.29. The van der Waals surface area contributed by atoms with Crippen molar-refractivity contribution in [3.05, 3.63) is 34.9 Å². The van der Waals surface area contributed by atoms with Crippen LogP contribution in [0.2, 0.25) is 5.02 Å². The van der Waals surface area contributed by atoms with Gasteiger partial charge in [-0.25, -0.2) is 0 Å². The average molecular weight is 295 g/mol. The number of halogens is 1. The van der Waals surface area contributed by atoms with E-state index in [1.807, 2.05) is 31.2 Å². The fourth-order valence-corrected chi connectivity index (χ4v) is 3.10. The highest BCUT2D eigenvalue weighted by Gasteiger charge is 2.44. The number of carbonyl (C=O) groups is 1. The fourth-order valence-electron chi connectivity index (χ4n) is 2.59. The Balaban J connectivity index is 1.95. The van der Waals surface area contributed by atoms with Crippen molar-refractivity contribution >= 4 is 34.8 Å². The molecule has 1 aliphatic carbocycles. The molecular weight excluding hydrogens is 280 g/mol. The molecular formula is C14H15ClN2OS. The smallest absolute Gasteiger partial charge is 0.251 e. The number of hydrogen-bond donors (Lipinski definition) is 1. The van der Waals surface area contributed by atoms with Crippen LogP contribution < -0.4 is 5.32 Å². The first-order valence-electron chi connectivity index (χ1n) is 6.47. The van der Waals surface area contributed by atoms with Crippen molar-refractivity contribution < 1.29 is 4.79 Å². The number of nitrogens with zero attached hydrogens (tertiary/aromatic N) is 1. The average Bonchev–Trinajstić information content (AvgIpc) is 3.16. The van der Waals surface area contributed by atoms with Crippen LogP contribution in [0.5, 0.6) is 0 Å². The Morgan fingerprint density at radius 1 is 1.37 bits per heavy atom. The van der Waals surface area contributed by atoms with Crippen LogP contribution in [0, 0.1) is 5.92 Å². The highest BCUT2D eigenvalue weighted by Crippen LogP contribution is 2.45. The molecule has 3 nitrogen and oxygen atoms in total. The normalized spacial score (nSPS) is 24.5. The lowest BCUT2D eigenvalue weighted by Gasteiger charge is -2.27. The first kappa shape index (κ1) is 12.9. The summed E-state index contributed by atoms with van der Waals surface area (Å²) in [6, 6.07) is 7.55. The van der Waals surface area contributed by atoms with Gasteiger partial charge in [-0.3, -0.25) is 9.69 Å². The molecule has 1 N–H and O–H groups in total. The van der Waals surface area contributed by atoms with Gasteiger partial charge in [0, 0.05) is 5.02 Å². The van der Waals surface area contributed by atoms with Gasteiger partial charge in [0.25, 0.3) is 5.91 Å². The molecule has 0 aromatic heterocycles. The van der Waals surface area contributed by atoms with Crippen molar-refractivity contribution in [2.45, 2.75) is 31.8 Å². The minimum atomic E-state index is -0.221. The van der Waals surface area contributed by atoms with Gasteiger partial charge >= 0.3 is 0 Å². The summed E-state index contributed by atoms with van der Waals surface area (Å²) in [4.78, 5) is 14.0. The molecule has 100 valence electrons. The van der Waals surface area contributed by atoms with E-state index in [4.69, 9.17) is 23.8 Å². The number of carbonyl (C=O) groups excluding carboxylic acids is 1. The largest absolute Gasteiger partial charge is 0.351 e. The van der Waals surface area contributed by atoms with Crippen LogP contribution in [0.25, 0.3) is 0 Å². The molecule has 0 radical (unpaired) electrons. The Kier molecular flexibility index (Phi) is 3.23. The second kappa shape index (κ2) is 4.76. The zero-order valence-corrected chi connectivity index (χ0v) is 12.2. The Morgan fingerprint density at radius 3 is 2.47 bits per heavy atom. The summed E-state index contributed by atoms with van der Waals surface area (Å²) in [6.07, 6.45) is 2.29. The van der Waals surface area contributed by atoms with Crippen molar-refractivity contribution in [3.8, 4) is 0 Å². The van der Waals surface area contributed by atoms with Crippen LogP contribution in [0.15, 0.2) is 24.3 Å². The lowest BCUT2D eigenvalue weighted by Crippen LogP contribution is -2.36. The Morgan fingerprint density at radius 2 is 2.00 bits per heavy atom. The number of rotatable bonds is 3. The van der Waals surface area contributed by atoms with E-state index < -0.39 is 0 Å². The minimum Gasteiger partial charge on any atom is -0.351 e. The van der Waals surface area contributed by atoms with Crippen molar-refractivity contribution in [2.24, 2.45) is 5.92 Å². The SMILES string of the molecule is C[C@H]1NC(=S)N([C@H](c2ccc(Cl)cc2)C2CC2)C1=O. The fraction of sp³-hybridized carbons (Fsp3) is 0.429. The molecule has 0 unspecified atom stereocenters. The molecule has 5 heteroatoms. The van der Waals surface area contributed by atoms with Gasteiger partial charge in [0.05, 0.1) is 6.04 Å². The van der Waals surface area contributed by atoms with Gasteiger partial charge in [-0.2, -0.15) is 0 Å². The minimum absolute atomic E-state index is 0.0507. The maximum absolute atomic E-state index is 12.3. The highest BCUT2D eigenvalue weighted by molar-refractivity contribution is 7.80.